The van der Waals surface area contributed by atoms with Crippen LogP contribution in [0.1, 0.15) is 55.2 Å². The fourth-order valence-corrected chi connectivity index (χ4v) is 7.68. The highest BCUT2D eigenvalue weighted by atomic mass is 35.5. The van der Waals surface area contributed by atoms with E-state index in [2.05, 4.69) is 20.9 Å². The van der Waals surface area contributed by atoms with Crippen LogP contribution in [0.4, 0.5) is 0 Å². The molecule has 5 amide bonds. The first-order chi connectivity index (χ1) is 26.3. The molecule has 0 aliphatic carbocycles. The molecule has 11 nitrogen and oxygen atoms in total. The van der Waals surface area contributed by atoms with Crippen molar-refractivity contribution in [2.45, 2.75) is 82.0 Å². The summed E-state index contributed by atoms with van der Waals surface area (Å²) in [7, 11) is 0. The van der Waals surface area contributed by atoms with Crippen LogP contribution in [-0.4, -0.2) is 94.0 Å². The molecule has 0 unspecified atom stereocenters. The largest absolute Gasteiger partial charge is 0.361 e. The maximum atomic E-state index is 14.4. The number of nitrogens with one attached hydrogen (secondary N) is 4. The van der Waals surface area contributed by atoms with Crippen molar-refractivity contribution < 1.29 is 24.0 Å². The van der Waals surface area contributed by atoms with Crippen molar-refractivity contribution in [2.24, 2.45) is 0 Å². The van der Waals surface area contributed by atoms with Gasteiger partial charge >= 0.3 is 0 Å². The molecule has 0 bridgehead atoms. The monoisotopic (exact) mass is 752 g/mol. The van der Waals surface area contributed by atoms with Crippen LogP contribution >= 0.6 is 11.6 Å². The third-order valence-electron chi connectivity index (χ3n) is 10.4. The van der Waals surface area contributed by atoms with E-state index in [1.54, 1.807) is 0 Å². The minimum Gasteiger partial charge on any atom is -0.361 e. The number of para-hydroxylation sites is 1. The van der Waals surface area contributed by atoms with E-state index in [1.165, 1.54) is 4.90 Å². The molecule has 3 heterocycles. The number of halogens is 1. The second kappa shape index (κ2) is 18.7. The van der Waals surface area contributed by atoms with Gasteiger partial charge in [-0.3, -0.25) is 24.0 Å². The number of aromatic amines is 1. The van der Waals surface area contributed by atoms with Gasteiger partial charge in [0, 0.05) is 56.0 Å². The Hall–Kier alpha value is -5.16. The van der Waals surface area contributed by atoms with Crippen molar-refractivity contribution in [3.63, 3.8) is 0 Å². The first kappa shape index (κ1) is 38.6. The van der Waals surface area contributed by atoms with Crippen LogP contribution in [0.25, 0.3) is 10.9 Å². The molecular formula is C42H49ClN6O5. The smallest absolute Gasteiger partial charge is 0.246 e. The number of H-pyrrole nitrogens is 1. The third kappa shape index (κ3) is 9.87. The molecule has 0 spiro atoms. The molecule has 54 heavy (non-hydrogen) atoms. The van der Waals surface area contributed by atoms with Crippen molar-refractivity contribution >= 4 is 52.0 Å². The lowest BCUT2D eigenvalue weighted by Gasteiger charge is -2.38. The summed E-state index contributed by atoms with van der Waals surface area (Å²) in [6.45, 7) is 1.59. The summed E-state index contributed by atoms with van der Waals surface area (Å²) in [4.78, 5) is 76.0. The third-order valence-corrected chi connectivity index (χ3v) is 10.7. The average molecular weight is 753 g/mol. The van der Waals surface area contributed by atoms with Crippen LogP contribution in [0.3, 0.4) is 0 Å². The fraction of sp³-hybridized carbons (Fsp3) is 0.405. The van der Waals surface area contributed by atoms with E-state index >= 15 is 0 Å². The summed E-state index contributed by atoms with van der Waals surface area (Å²) in [5, 5.41) is 9.73. The van der Waals surface area contributed by atoms with Gasteiger partial charge in [0.05, 0.1) is 0 Å². The van der Waals surface area contributed by atoms with Gasteiger partial charge in [-0.2, -0.15) is 0 Å². The van der Waals surface area contributed by atoms with Gasteiger partial charge in [0.1, 0.15) is 30.0 Å². The molecule has 2 aliphatic heterocycles. The Kier molecular flexibility index (Phi) is 13.4. The van der Waals surface area contributed by atoms with Crippen molar-refractivity contribution in [1.29, 1.82) is 0 Å². The molecule has 2 fully saturated rings. The highest BCUT2D eigenvalue weighted by molar-refractivity contribution is 6.27. The van der Waals surface area contributed by atoms with E-state index in [0.717, 1.165) is 46.9 Å². The van der Waals surface area contributed by atoms with E-state index in [1.807, 2.05) is 96.0 Å². The molecule has 6 rings (SSSR count). The number of amides is 5. The zero-order valence-electron chi connectivity index (χ0n) is 30.5. The number of piperidine rings is 2. The number of likely N-dealkylation sites (tertiary alicyclic amines) is 2. The first-order valence-corrected chi connectivity index (χ1v) is 19.5. The molecule has 284 valence electrons. The van der Waals surface area contributed by atoms with Gasteiger partial charge in [-0.1, -0.05) is 78.9 Å². The van der Waals surface area contributed by atoms with Gasteiger partial charge in [-0.25, -0.2) is 0 Å². The zero-order valence-corrected chi connectivity index (χ0v) is 31.2. The molecule has 2 saturated heterocycles. The topological polar surface area (TPSA) is 144 Å². The molecule has 0 radical (unpaired) electrons. The Bertz CT molecular complexity index is 1900. The van der Waals surface area contributed by atoms with Crippen LogP contribution in [-0.2, 0) is 43.2 Å². The predicted octanol–water partition coefficient (Wildman–Crippen LogP) is 4.28. The Morgan fingerprint density at radius 1 is 0.667 bits per heavy atom. The Morgan fingerprint density at radius 3 is 1.94 bits per heavy atom. The Morgan fingerprint density at radius 2 is 1.28 bits per heavy atom. The maximum absolute atomic E-state index is 14.4. The molecule has 4 aromatic rings. The molecular weight excluding hydrogens is 704 g/mol. The van der Waals surface area contributed by atoms with E-state index in [4.69, 9.17) is 11.6 Å². The number of alkyl halides is 1. The Labute approximate surface area is 321 Å². The number of aromatic nitrogens is 1. The summed E-state index contributed by atoms with van der Waals surface area (Å²) in [5.74, 6) is -2.26. The first-order valence-electron chi connectivity index (χ1n) is 19.0. The molecule has 4 N–H and O–H groups in total. The highest BCUT2D eigenvalue weighted by Crippen LogP contribution is 2.23. The van der Waals surface area contributed by atoms with Gasteiger partial charge in [-0.05, 0) is 61.3 Å². The molecule has 4 atom stereocenters. The van der Waals surface area contributed by atoms with Gasteiger partial charge < -0.3 is 30.7 Å². The number of carbonyl (C=O) groups is 5. The number of nitrogens with zero attached hydrogens (tertiary/aromatic N) is 2. The summed E-state index contributed by atoms with van der Waals surface area (Å²) in [6.07, 6.45) is 7.20. The van der Waals surface area contributed by atoms with Crippen molar-refractivity contribution in [2.75, 3.05) is 25.5 Å². The second-order valence-corrected chi connectivity index (χ2v) is 14.5. The summed E-state index contributed by atoms with van der Waals surface area (Å²) in [6, 6.07) is 23.0. The van der Waals surface area contributed by atoms with Crippen molar-refractivity contribution in [1.82, 2.24) is 30.7 Å². The fourth-order valence-electron chi connectivity index (χ4n) is 7.61. The summed E-state index contributed by atoms with van der Waals surface area (Å²) in [5.41, 5.74) is 3.49. The quantitative estimate of drug-likeness (QED) is 0.142. The number of fused-ring (bicyclic) bond motifs is 1. The van der Waals surface area contributed by atoms with Crippen LogP contribution in [0.5, 0.6) is 0 Å². The normalized spacial score (nSPS) is 17.6. The van der Waals surface area contributed by atoms with E-state index in [-0.39, 0.29) is 30.5 Å². The predicted molar refractivity (Wildman–Crippen MR) is 209 cm³/mol. The number of benzene rings is 3. The van der Waals surface area contributed by atoms with Crippen molar-refractivity contribution in [3.8, 4) is 0 Å². The van der Waals surface area contributed by atoms with E-state index in [0.29, 0.717) is 45.3 Å². The van der Waals surface area contributed by atoms with Crippen LogP contribution in [0.2, 0.25) is 0 Å². The number of hydrogen-bond acceptors (Lipinski definition) is 5. The van der Waals surface area contributed by atoms with Gasteiger partial charge in [-0.15, -0.1) is 11.6 Å². The molecule has 3 aromatic carbocycles. The van der Waals surface area contributed by atoms with Crippen molar-refractivity contribution in [3.05, 3.63) is 108 Å². The number of rotatable bonds is 14. The summed E-state index contributed by atoms with van der Waals surface area (Å²) < 4.78 is 0. The minimum atomic E-state index is -1.06. The second-order valence-electron chi connectivity index (χ2n) is 14.2. The number of hydrogen-bond donors (Lipinski definition) is 4. The zero-order chi connectivity index (χ0) is 37.9. The molecule has 0 saturated carbocycles. The van der Waals surface area contributed by atoms with E-state index in [9.17, 15) is 24.0 Å². The SMILES string of the molecule is O=C(CCl)N[C@@H](Cc1ccccc1)C(=O)N1CCCC[C@H]1C(=O)N[C@@H](Cc1c[nH]c2ccccc12)C(=O)N[C@@H](Cc1ccccc1)C(=O)N1CCCCC1. The maximum Gasteiger partial charge on any atom is 0.246 e. The van der Waals surface area contributed by atoms with Gasteiger partial charge in [0.15, 0.2) is 0 Å². The molecule has 12 heteroatoms. The lowest BCUT2D eigenvalue weighted by Crippen LogP contribution is -2.61. The standard InChI is InChI=1S/C42H49ClN6O5/c43-27-38(50)45-36(25-30-16-6-2-7-17-30)42(54)49-23-13-10-20-37(49)40(52)46-34(26-31-28-44-33-19-9-8-18-32(31)33)39(51)47-35(24-29-14-4-1-5-15-29)41(53)48-21-11-3-12-22-48/h1-2,4-9,14-19,28,34-37,44H,3,10-13,20-27H2,(H,45,50)(H,46,52)(H,47,51)/t34-,35-,36-,37-/m0/s1. The van der Waals surface area contributed by atoms with Crippen LogP contribution in [0.15, 0.2) is 91.1 Å². The summed E-state index contributed by atoms with van der Waals surface area (Å²) >= 11 is 5.83. The average Bonchev–Trinajstić information content (AvgIpc) is 3.63. The number of carbonyl (C=O) groups excluding carboxylic acids is 5. The van der Waals surface area contributed by atoms with E-state index < -0.39 is 41.9 Å². The lowest BCUT2D eigenvalue weighted by molar-refractivity contribution is -0.145. The molecule has 1 aromatic heterocycles. The van der Waals surface area contributed by atoms with Crippen LogP contribution in [0, 0.1) is 0 Å². The van der Waals surface area contributed by atoms with Gasteiger partial charge in [0.2, 0.25) is 29.5 Å². The Balaban J connectivity index is 1.26. The van der Waals surface area contributed by atoms with Gasteiger partial charge in [0.25, 0.3) is 0 Å². The van der Waals surface area contributed by atoms with Crippen LogP contribution < -0.4 is 16.0 Å². The molecule has 2 aliphatic rings. The minimum absolute atomic E-state index is 0.142. The lowest BCUT2D eigenvalue weighted by atomic mass is 9.97. The highest BCUT2D eigenvalue weighted by Gasteiger charge is 2.38.